The summed E-state index contributed by atoms with van der Waals surface area (Å²) in [4.78, 5) is 20.3. The third-order valence-electron chi connectivity index (χ3n) is 6.82. The van der Waals surface area contributed by atoms with Gasteiger partial charge in [-0.1, -0.05) is 0 Å². The molecule has 170 valence electrons. The molecule has 33 heavy (non-hydrogen) atoms. The number of aryl methyl sites for hydroxylation is 1. The molecule has 2 fully saturated rings. The lowest BCUT2D eigenvalue weighted by molar-refractivity contribution is -0.122. The minimum atomic E-state index is -0.684. The van der Waals surface area contributed by atoms with Crippen molar-refractivity contribution in [3.05, 3.63) is 47.5 Å². The van der Waals surface area contributed by atoms with Crippen molar-refractivity contribution < 1.29 is 4.79 Å². The fourth-order valence-electron chi connectivity index (χ4n) is 4.75. The lowest BCUT2D eigenvalue weighted by Gasteiger charge is -2.34. The van der Waals surface area contributed by atoms with E-state index >= 15 is 0 Å². The van der Waals surface area contributed by atoms with Crippen LogP contribution in [0.5, 0.6) is 0 Å². The molecular formula is C23H27N9O. The molecule has 0 radical (unpaired) electrons. The quantitative estimate of drug-likeness (QED) is 0.399. The molecule has 1 saturated heterocycles. The summed E-state index contributed by atoms with van der Waals surface area (Å²) in [5.74, 6) is 2.66. The Morgan fingerprint density at radius 2 is 2.15 bits per heavy atom. The van der Waals surface area contributed by atoms with Crippen molar-refractivity contribution in [3.63, 3.8) is 0 Å². The van der Waals surface area contributed by atoms with Crippen LogP contribution in [-0.2, 0) is 11.2 Å². The SMILES string of the molecule is Cc1cc(CC(=O)[C@]2(C)CCCN2c2nc(Nc3cc(C4CC4)[nH]n3)c3cccn3n2)n[nH]1. The maximum absolute atomic E-state index is 13.4. The monoisotopic (exact) mass is 445 g/mol. The van der Waals surface area contributed by atoms with Gasteiger partial charge in [0.25, 0.3) is 0 Å². The summed E-state index contributed by atoms with van der Waals surface area (Å²) in [6, 6.07) is 7.88. The van der Waals surface area contributed by atoms with Crippen LogP contribution < -0.4 is 10.2 Å². The molecule has 1 saturated carbocycles. The molecule has 0 amide bonds. The Morgan fingerprint density at radius 3 is 2.94 bits per heavy atom. The second-order valence-electron chi connectivity index (χ2n) is 9.38. The summed E-state index contributed by atoms with van der Waals surface area (Å²) >= 11 is 0. The largest absolute Gasteiger partial charge is 0.327 e. The number of aromatic amines is 2. The number of nitrogens with one attached hydrogen (secondary N) is 3. The molecule has 0 spiro atoms. The van der Waals surface area contributed by atoms with Crippen LogP contribution in [0.3, 0.4) is 0 Å². The summed E-state index contributed by atoms with van der Waals surface area (Å²) in [7, 11) is 0. The van der Waals surface area contributed by atoms with Crippen LogP contribution in [0.2, 0.25) is 0 Å². The zero-order valence-electron chi connectivity index (χ0n) is 18.8. The second-order valence-corrected chi connectivity index (χ2v) is 9.38. The van der Waals surface area contributed by atoms with Crippen molar-refractivity contribution in [2.24, 2.45) is 0 Å². The van der Waals surface area contributed by atoms with Crippen LogP contribution in [0, 0.1) is 6.92 Å². The third kappa shape index (κ3) is 3.55. The molecule has 0 unspecified atom stereocenters. The first-order valence-electron chi connectivity index (χ1n) is 11.5. The molecule has 10 heteroatoms. The van der Waals surface area contributed by atoms with E-state index in [2.05, 4.69) is 25.7 Å². The molecule has 5 heterocycles. The highest BCUT2D eigenvalue weighted by atomic mass is 16.1. The number of fused-ring (bicyclic) bond motifs is 1. The highest BCUT2D eigenvalue weighted by molar-refractivity contribution is 5.93. The second kappa shape index (κ2) is 7.43. The predicted octanol–water partition coefficient (Wildman–Crippen LogP) is 3.28. The Balaban J connectivity index is 1.32. The van der Waals surface area contributed by atoms with Gasteiger partial charge in [0.2, 0.25) is 5.95 Å². The Morgan fingerprint density at radius 1 is 1.27 bits per heavy atom. The first-order chi connectivity index (χ1) is 16.0. The Kier molecular flexibility index (Phi) is 4.49. The average molecular weight is 446 g/mol. The number of rotatable bonds is 7. The smallest absolute Gasteiger partial charge is 0.246 e. The molecule has 0 aromatic carbocycles. The third-order valence-corrected chi connectivity index (χ3v) is 6.82. The van der Waals surface area contributed by atoms with Crippen molar-refractivity contribution in [1.29, 1.82) is 0 Å². The zero-order chi connectivity index (χ0) is 22.6. The number of nitrogens with zero attached hydrogens (tertiary/aromatic N) is 6. The standard InChI is InChI=1S/C23H27N9O/c1-14-11-16(27-26-14)12-19(33)23(2)8-4-9-31(23)22-25-21(18-5-3-10-32(18)30-22)24-20-13-17(28-29-20)15-6-7-15/h3,5,10-11,13,15H,4,6-9,12H2,1-2H3,(H,26,27)(H2,24,25,28,29,30)/t23-/m0/s1. The summed E-state index contributed by atoms with van der Waals surface area (Å²) in [6.45, 7) is 4.66. The maximum atomic E-state index is 13.4. The molecule has 1 aliphatic carbocycles. The highest BCUT2D eigenvalue weighted by Gasteiger charge is 2.44. The molecule has 1 atom stereocenters. The van der Waals surface area contributed by atoms with E-state index in [0.717, 1.165) is 47.8 Å². The fraction of sp³-hybridized carbons (Fsp3) is 0.435. The van der Waals surface area contributed by atoms with E-state index < -0.39 is 5.54 Å². The van der Waals surface area contributed by atoms with E-state index in [1.54, 1.807) is 4.52 Å². The maximum Gasteiger partial charge on any atom is 0.246 e. The number of hydrogen-bond donors (Lipinski definition) is 3. The molecule has 3 N–H and O–H groups in total. The number of aromatic nitrogens is 7. The number of H-pyrrole nitrogens is 2. The van der Waals surface area contributed by atoms with Crippen LogP contribution in [0.1, 0.15) is 55.6 Å². The van der Waals surface area contributed by atoms with Gasteiger partial charge in [-0.15, -0.1) is 5.10 Å². The van der Waals surface area contributed by atoms with Crippen molar-refractivity contribution in [2.45, 2.75) is 57.4 Å². The van der Waals surface area contributed by atoms with E-state index in [0.29, 0.717) is 17.7 Å². The molecule has 4 aromatic rings. The number of hydrogen-bond acceptors (Lipinski definition) is 7. The number of carbonyl (C=O) groups excluding carboxylic acids is 1. The lowest BCUT2D eigenvalue weighted by Crippen LogP contribution is -2.49. The van der Waals surface area contributed by atoms with Gasteiger partial charge < -0.3 is 10.2 Å². The number of anilines is 3. The Hall–Kier alpha value is -3.69. The average Bonchev–Trinajstić information content (AvgIpc) is 3.17. The van der Waals surface area contributed by atoms with Gasteiger partial charge in [0.15, 0.2) is 17.4 Å². The van der Waals surface area contributed by atoms with E-state index in [4.69, 9.17) is 10.1 Å². The van der Waals surface area contributed by atoms with E-state index in [9.17, 15) is 4.79 Å². The van der Waals surface area contributed by atoms with Gasteiger partial charge >= 0.3 is 0 Å². The first kappa shape index (κ1) is 20.0. The zero-order valence-corrected chi connectivity index (χ0v) is 18.8. The Labute approximate surface area is 190 Å². The Bertz CT molecular complexity index is 1330. The minimum absolute atomic E-state index is 0.124. The van der Waals surface area contributed by atoms with Crippen LogP contribution in [0.15, 0.2) is 30.5 Å². The molecule has 0 bridgehead atoms. The van der Waals surface area contributed by atoms with Crippen LogP contribution >= 0.6 is 0 Å². The number of Topliss-reactive ketones (excluding diaryl/α,β-unsaturated/α-hetero) is 1. The number of ketones is 1. The van der Waals surface area contributed by atoms with Gasteiger partial charge in [0.1, 0.15) is 5.52 Å². The summed E-state index contributed by atoms with van der Waals surface area (Å²) in [5.41, 5.74) is 3.04. The fourth-order valence-corrected chi connectivity index (χ4v) is 4.75. The number of carbonyl (C=O) groups is 1. The van der Waals surface area contributed by atoms with Crippen molar-refractivity contribution in [2.75, 3.05) is 16.8 Å². The molecule has 2 aliphatic rings. The molecular weight excluding hydrogens is 418 g/mol. The van der Waals surface area contributed by atoms with Crippen molar-refractivity contribution in [3.8, 4) is 0 Å². The van der Waals surface area contributed by atoms with E-state index in [1.165, 1.54) is 12.8 Å². The van der Waals surface area contributed by atoms with Crippen LogP contribution in [0.4, 0.5) is 17.6 Å². The molecule has 4 aromatic heterocycles. The van der Waals surface area contributed by atoms with E-state index in [1.807, 2.05) is 49.2 Å². The van der Waals surface area contributed by atoms with Gasteiger partial charge in [-0.3, -0.25) is 15.0 Å². The summed E-state index contributed by atoms with van der Waals surface area (Å²) < 4.78 is 1.80. The van der Waals surface area contributed by atoms with Gasteiger partial charge in [-0.05, 0) is 57.7 Å². The summed E-state index contributed by atoms with van der Waals surface area (Å²) in [5, 5.41) is 22.8. The topological polar surface area (TPSA) is 120 Å². The highest BCUT2D eigenvalue weighted by Crippen LogP contribution is 2.40. The van der Waals surface area contributed by atoms with Crippen molar-refractivity contribution >= 4 is 28.9 Å². The van der Waals surface area contributed by atoms with Crippen LogP contribution in [0.25, 0.3) is 5.52 Å². The normalized spacial score (nSPS) is 20.6. The summed E-state index contributed by atoms with van der Waals surface area (Å²) in [6.07, 6.45) is 6.26. The van der Waals surface area contributed by atoms with Gasteiger partial charge in [-0.25, -0.2) is 4.52 Å². The van der Waals surface area contributed by atoms with Crippen molar-refractivity contribution in [1.82, 2.24) is 35.0 Å². The minimum Gasteiger partial charge on any atom is -0.327 e. The van der Waals surface area contributed by atoms with Gasteiger partial charge in [0.05, 0.1) is 17.7 Å². The van der Waals surface area contributed by atoms with Crippen LogP contribution in [-0.4, -0.2) is 52.9 Å². The molecule has 6 rings (SSSR count). The molecule has 10 nitrogen and oxygen atoms in total. The van der Waals surface area contributed by atoms with E-state index in [-0.39, 0.29) is 12.2 Å². The van der Waals surface area contributed by atoms with Gasteiger partial charge in [0, 0.05) is 36.1 Å². The predicted molar refractivity (Wildman–Crippen MR) is 124 cm³/mol. The first-order valence-corrected chi connectivity index (χ1v) is 11.5. The van der Waals surface area contributed by atoms with Gasteiger partial charge in [-0.2, -0.15) is 15.2 Å². The molecule has 1 aliphatic heterocycles. The lowest BCUT2D eigenvalue weighted by atomic mass is 9.90.